The van der Waals surface area contributed by atoms with Crippen LogP contribution in [0, 0.1) is 16.2 Å². The number of fused-ring (bicyclic) bond motifs is 7. The molecule has 0 aliphatic heterocycles. The maximum atomic E-state index is 8.60. The van der Waals surface area contributed by atoms with Crippen molar-refractivity contribution in [3.8, 4) is 0 Å². The van der Waals surface area contributed by atoms with Gasteiger partial charge in [0.1, 0.15) is 0 Å². The van der Waals surface area contributed by atoms with E-state index in [-0.39, 0.29) is 5.41 Å². The van der Waals surface area contributed by atoms with Gasteiger partial charge in [0.15, 0.2) is 0 Å². The number of nitrogens with two attached hydrogens (primary N) is 1. The van der Waals surface area contributed by atoms with Gasteiger partial charge < -0.3 is 5.73 Å². The molecular weight excluding hydrogens is 318 g/mol. The SMILES string of the molecule is NCC12c3ccccc3C3C(c4ccccc41)C32.[O-][Cl+3]([O-])([O-])O. The third-order valence-corrected chi connectivity index (χ3v) is 5.51. The maximum Gasteiger partial charge on any atom is 0.0777 e. The standard InChI is InChI=1S/C17H15N.ClHO4/c18-9-17-12-7-3-1-5-10(12)14-15(16(14)17)11-6-2-4-8-13(11)17;2-1(3,4)5/h1-8,14-16H,9,18H2;(H,2,3,4,5). The Morgan fingerprint density at radius 3 is 1.70 bits per heavy atom. The van der Waals surface area contributed by atoms with Crippen LogP contribution in [0.3, 0.4) is 0 Å². The summed E-state index contributed by atoms with van der Waals surface area (Å²) in [5.74, 6) is 2.25. The summed E-state index contributed by atoms with van der Waals surface area (Å²) < 4.78 is 32.7. The van der Waals surface area contributed by atoms with Crippen molar-refractivity contribution in [3.63, 3.8) is 0 Å². The van der Waals surface area contributed by atoms with Crippen molar-refractivity contribution in [3.05, 3.63) is 70.8 Å². The van der Waals surface area contributed by atoms with Gasteiger partial charge in [-0.1, -0.05) is 48.5 Å². The monoisotopic (exact) mass is 333 g/mol. The Labute approximate surface area is 135 Å². The van der Waals surface area contributed by atoms with E-state index >= 15 is 0 Å². The van der Waals surface area contributed by atoms with E-state index in [0.717, 1.165) is 24.3 Å². The molecule has 1 fully saturated rings. The second-order valence-electron chi connectivity index (χ2n) is 6.32. The number of hydrogen-bond donors (Lipinski definition) is 2. The Kier molecular flexibility index (Phi) is 3.13. The van der Waals surface area contributed by atoms with Gasteiger partial charge in [-0.15, -0.1) is 0 Å². The molecule has 5 nitrogen and oxygen atoms in total. The highest BCUT2D eigenvalue weighted by Crippen LogP contribution is 2.79. The molecule has 0 spiro atoms. The molecule has 3 aliphatic carbocycles. The highest BCUT2D eigenvalue weighted by atomic mass is 35.7. The van der Waals surface area contributed by atoms with E-state index in [4.69, 9.17) is 24.4 Å². The van der Waals surface area contributed by atoms with E-state index in [1.165, 1.54) is 11.1 Å². The lowest BCUT2D eigenvalue weighted by atomic mass is 9.75. The van der Waals surface area contributed by atoms with E-state index in [0.29, 0.717) is 0 Å². The second kappa shape index (κ2) is 4.77. The third-order valence-electron chi connectivity index (χ3n) is 5.51. The average Bonchev–Trinajstić information content (AvgIpc) is 3.10. The molecule has 2 aromatic rings. The van der Waals surface area contributed by atoms with E-state index < -0.39 is 10.2 Å². The summed E-state index contributed by atoms with van der Waals surface area (Å²) in [5, 5.41) is 0. The molecule has 0 radical (unpaired) electrons. The van der Waals surface area contributed by atoms with Crippen molar-refractivity contribution >= 4 is 0 Å². The summed E-state index contributed by atoms with van der Waals surface area (Å²) in [4.78, 5) is 0. The Balaban J connectivity index is 0.000000240. The molecule has 0 aromatic heterocycles. The first-order valence-corrected chi connectivity index (χ1v) is 8.68. The van der Waals surface area contributed by atoms with E-state index in [2.05, 4.69) is 48.5 Å². The van der Waals surface area contributed by atoms with Crippen molar-refractivity contribution < 1.29 is 28.9 Å². The first kappa shape index (κ1) is 15.1. The lowest BCUT2D eigenvalue weighted by molar-refractivity contribution is -1.92. The average molecular weight is 334 g/mol. The summed E-state index contributed by atoms with van der Waals surface area (Å²) in [6, 6.07) is 17.9. The molecule has 0 amide bonds. The van der Waals surface area contributed by atoms with Crippen LogP contribution >= 0.6 is 0 Å². The summed E-state index contributed by atoms with van der Waals surface area (Å²) in [7, 11) is -4.69. The molecule has 3 N–H and O–H groups in total. The summed E-state index contributed by atoms with van der Waals surface area (Å²) in [6.45, 7) is 0.749. The minimum absolute atomic E-state index is 0.127. The highest BCUT2D eigenvalue weighted by molar-refractivity contribution is 5.68. The third kappa shape index (κ3) is 1.99. The molecule has 2 atom stereocenters. The van der Waals surface area contributed by atoms with Crippen molar-refractivity contribution in [1.29, 1.82) is 0 Å². The first-order valence-electron chi connectivity index (χ1n) is 7.41. The minimum atomic E-state index is -4.69. The van der Waals surface area contributed by atoms with Crippen LogP contribution in [0.5, 0.6) is 0 Å². The van der Waals surface area contributed by atoms with Crippen LogP contribution in [0.25, 0.3) is 0 Å². The van der Waals surface area contributed by atoms with Crippen LogP contribution in [0.4, 0.5) is 0 Å². The van der Waals surface area contributed by atoms with Gasteiger partial charge in [-0.05, 0) is 40.0 Å². The van der Waals surface area contributed by atoms with Crippen molar-refractivity contribution in [1.82, 2.24) is 0 Å². The van der Waals surface area contributed by atoms with Gasteiger partial charge >= 0.3 is 0 Å². The normalized spacial score (nSPS) is 31.6. The predicted molar refractivity (Wildman–Crippen MR) is 73.9 cm³/mol. The van der Waals surface area contributed by atoms with Crippen molar-refractivity contribution in [2.75, 3.05) is 6.54 Å². The fraction of sp³-hybridized carbons (Fsp3) is 0.294. The Morgan fingerprint density at radius 1 is 0.913 bits per heavy atom. The Morgan fingerprint density at radius 2 is 1.30 bits per heavy atom. The van der Waals surface area contributed by atoms with Crippen LogP contribution in [-0.2, 0) is 5.41 Å². The zero-order chi connectivity index (χ0) is 16.4. The van der Waals surface area contributed by atoms with Crippen LogP contribution < -0.4 is 19.7 Å². The minimum Gasteiger partial charge on any atom is -0.329 e. The molecule has 0 heterocycles. The van der Waals surface area contributed by atoms with Gasteiger partial charge in [0.05, 0.1) is 14.9 Å². The predicted octanol–water partition coefficient (Wildman–Crippen LogP) is -1.37. The van der Waals surface area contributed by atoms with Crippen LogP contribution in [0.2, 0.25) is 0 Å². The zero-order valence-corrected chi connectivity index (χ0v) is 12.9. The largest absolute Gasteiger partial charge is 0.329 e. The fourth-order valence-corrected chi connectivity index (χ4v) is 4.95. The van der Waals surface area contributed by atoms with E-state index in [9.17, 15) is 0 Å². The topological polar surface area (TPSA) is 115 Å². The van der Waals surface area contributed by atoms with Gasteiger partial charge in [0.2, 0.25) is 0 Å². The lowest BCUT2D eigenvalue weighted by Gasteiger charge is -2.29. The molecule has 120 valence electrons. The van der Waals surface area contributed by atoms with Gasteiger partial charge in [0.25, 0.3) is 0 Å². The summed E-state index contributed by atoms with van der Waals surface area (Å²) >= 11 is 0. The molecular formula is C17H16ClNO4. The molecule has 1 saturated carbocycles. The smallest absolute Gasteiger partial charge is 0.0777 e. The molecule has 6 heteroatoms. The molecule has 3 aliphatic rings. The van der Waals surface area contributed by atoms with Gasteiger partial charge in [-0.3, -0.25) is 0 Å². The van der Waals surface area contributed by atoms with E-state index in [1.807, 2.05) is 0 Å². The quantitative estimate of drug-likeness (QED) is 0.668. The second-order valence-corrected chi connectivity index (χ2v) is 7.12. The van der Waals surface area contributed by atoms with Crippen LogP contribution in [0.15, 0.2) is 48.5 Å². The number of rotatable bonds is 1. The van der Waals surface area contributed by atoms with Crippen LogP contribution in [-0.4, -0.2) is 11.2 Å². The summed E-state index contributed by atoms with van der Waals surface area (Å²) in [6.07, 6.45) is 0. The van der Waals surface area contributed by atoms with Crippen molar-refractivity contribution in [2.45, 2.75) is 17.3 Å². The molecule has 0 saturated heterocycles. The highest BCUT2D eigenvalue weighted by Gasteiger charge is 2.73. The summed E-state index contributed by atoms with van der Waals surface area (Å²) in [5.41, 5.74) is 12.5. The number of benzene rings is 2. The number of halogens is 1. The van der Waals surface area contributed by atoms with Gasteiger partial charge in [-0.2, -0.15) is 14.0 Å². The number of hydrogen-bond acceptors (Lipinski definition) is 5. The molecule has 2 unspecified atom stereocenters. The molecule has 2 aromatic carbocycles. The Hall–Kier alpha value is -1.47. The molecule has 0 bridgehead atoms. The van der Waals surface area contributed by atoms with Crippen molar-refractivity contribution in [2.24, 2.45) is 11.7 Å². The first-order chi connectivity index (χ1) is 10.9. The lowest BCUT2D eigenvalue weighted by Crippen LogP contribution is -2.58. The fourth-order valence-electron chi connectivity index (χ4n) is 4.95. The molecule has 5 rings (SSSR count). The van der Waals surface area contributed by atoms with Gasteiger partial charge in [0, 0.05) is 12.0 Å². The van der Waals surface area contributed by atoms with E-state index in [1.54, 1.807) is 11.1 Å². The van der Waals surface area contributed by atoms with Gasteiger partial charge in [-0.25, -0.2) is 0 Å². The maximum absolute atomic E-state index is 8.60. The molecule has 23 heavy (non-hydrogen) atoms. The Bertz CT molecular complexity index is 714. The van der Waals surface area contributed by atoms with Crippen LogP contribution in [0.1, 0.15) is 34.1 Å². The zero-order valence-electron chi connectivity index (χ0n) is 12.2.